The van der Waals surface area contributed by atoms with Gasteiger partial charge in [-0.2, -0.15) is 0 Å². The number of hydrogen-bond acceptors (Lipinski definition) is 4. The van der Waals surface area contributed by atoms with Crippen molar-refractivity contribution in [3.05, 3.63) is 46.4 Å². The van der Waals surface area contributed by atoms with Gasteiger partial charge in [-0.3, -0.25) is 0 Å². The van der Waals surface area contributed by atoms with E-state index in [0.717, 1.165) is 16.3 Å². The zero-order valence-electron chi connectivity index (χ0n) is 9.24. The van der Waals surface area contributed by atoms with Crippen LogP contribution in [0.4, 0.5) is 0 Å². The predicted octanol–water partition coefficient (Wildman–Crippen LogP) is 2.22. The van der Waals surface area contributed by atoms with Gasteiger partial charge in [0, 0.05) is 29.5 Å². The molecule has 0 spiro atoms. The number of fused-ring (bicyclic) bond motifs is 1. The van der Waals surface area contributed by atoms with Crippen molar-refractivity contribution >= 4 is 11.3 Å². The van der Waals surface area contributed by atoms with Crippen LogP contribution in [0.15, 0.2) is 35.8 Å². The van der Waals surface area contributed by atoms with Gasteiger partial charge in [-0.05, 0) is 6.07 Å². The Morgan fingerprint density at radius 1 is 1.47 bits per heavy atom. The molecule has 0 saturated heterocycles. The Bertz CT molecular complexity index is 498. The zero-order chi connectivity index (χ0) is 11.7. The molecule has 3 rings (SSSR count). The number of aliphatic hydroxyl groups is 1. The van der Waals surface area contributed by atoms with Crippen LogP contribution in [0.5, 0.6) is 5.75 Å². The molecule has 2 heterocycles. The molecule has 0 amide bonds. The molecule has 1 N–H and O–H groups in total. The van der Waals surface area contributed by atoms with Gasteiger partial charge < -0.3 is 9.84 Å². The summed E-state index contributed by atoms with van der Waals surface area (Å²) < 4.78 is 5.57. The monoisotopic (exact) mass is 247 g/mol. The summed E-state index contributed by atoms with van der Waals surface area (Å²) in [7, 11) is 0. The molecule has 3 nitrogen and oxygen atoms in total. The van der Waals surface area contributed by atoms with E-state index in [4.69, 9.17) is 4.74 Å². The predicted molar refractivity (Wildman–Crippen MR) is 66.5 cm³/mol. The summed E-state index contributed by atoms with van der Waals surface area (Å²) in [6.45, 7) is 0.561. The first-order chi connectivity index (χ1) is 8.34. The van der Waals surface area contributed by atoms with Crippen LogP contribution in [0.2, 0.25) is 0 Å². The molecule has 1 aliphatic heterocycles. The molecule has 17 heavy (non-hydrogen) atoms. The summed E-state index contributed by atoms with van der Waals surface area (Å²) in [6.07, 6.45) is 1.94. The Balaban J connectivity index is 1.78. The van der Waals surface area contributed by atoms with Crippen LogP contribution >= 0.6 is 11.3 Å². The van der Waals surface area contributed by atoms with Gasteiger partial charge in [0.15, 0.2) is 0 Å². The molecule has 1 aromatic carbocycles. The Morgan fingerprint density at radius 3 is 3.18 bits per heavy atom. The fourth-order valence-corrected chi connectivity index (χ4v) is 2.85. The van der Waals surface area contributed by atoms with E-state index >= 15 is 0 Å². The van der Waals surface area contributed by atoms with Crippen molar-refractivity contribution in [2.45, 2.75) is 18.4 Å². The largest absolute Gasteiger partial charge is 0.493 e. The van der Waals surface area contributed by atoms with Crippen LogP contribution in [-0.4, -0.2) is 22.8 Å². The highest BCUT2D eigenvalue weighted by atomic mass is 32.1. The molecule has 2 unspecified atom stereocenters. The maximum atomic E-state index is 10.3. The quantitative estimate of drug-likeness (QED) is 0.904. The number of hydrogen-bond donors (Lipinski definition) is 1. The Labute approximate surface area is 104 Å². The Kier molecular flexibility index (Phi) is 2.82. The molecule has 2 atom stereocenters. The summed E-state index contributed by atoms with van der Waals surface area (Å²) in [5.41, 5.74) is 1.11. The third-order valence-corrected chi connectivity index (χ3v) is 3.87. The lowest BCUT2D eigenvalue weighted by Crippen LogP contribution is -2.22. The Hall–Kier alpha value is -1.39. The summed E-state index contributed by atoms with van der Waals surface area (Å²) in [5, 5.41) is 13.2. The van der Waals surface area contributed by atoms with Crippen molar-refractivity contribution < 1.29 is 9.84 Å². The summed E-state index contributed by atoms with van der Waals surface area (Å²) in [6, 6.07) is 7.91. The molecule has 0 saturated carbocycles. The van der Waals surface area contributed by atoms with Crippen molar-refractivity contribution in [2.75, 3.05) is 6.61 Å². The molecule has 0 aliphatic carbocycles. The highest BCUT2D eigenvalue weighted by Crippen LogP contribution is 2.36. The van der Waals surface area contributed by atoms with E-state index in [2.05, 4.69) is 4.98 Å². The van der Waals surface area contributed by atoms with Crippen molar-refractivity contribution in [1.82, 2.24) is 4.98 Å². The summed E-state index contributed by atoms with van der Waals surface area (Å²) >= 11 is 1.58. The van der Waals surface area contributed by atoms with E-state index in [1.807, 2.05) is 29.6 Å². The molecule has 1 aromatic heterocycles. The smallest absolute Gasteiger partial charge is 0.123 e. The van der Waals surface area contributed by atoms with Gasteiger partial charge in [0.25, 0.3) is 0 Å². The first kappa shape index (κ1) is 10.7. The van der Waals surface area contributed by atoms with Crippen LogP contribution in [0.3, 0.4) is 0 Å². The first-order valence-corrected chi connectivity index (χ1v) is 6.51. The van der Waals surface area contributed by atoms with Gasteiger partial charge in [-0.1, -0.05) is 18.2 Å². The molecule has 88 valence electrons. The van der Waals surface area contributed by atoms with Crippen LogP contribution in [-0.2, 0) is 6.42 Å². The van der Waals surface area contributed by atoms with E-state index in [0.29, 0.717) is 13.0 Å². The van der Waals surface area contributed by atoms with Gasteiger partial charge in [-0.25, -0.2) is 4.98 Å². The molecule has 0 bridgehead atoms. The van der Waals surface area contributed by atoms with Gasteiger partial charge >= 0.3 is 0 Å². The lowest BCUT2D eigenvalue weighted by molar-refractivity contribution is 0.129. The topological polar surface area (TPSA) is 42.4 Å². The average Bonchev–Trinajstić information content (AvgIpc) is 2.96. The van der Waals surface area contributed by atoms with E-state index < -0.39 is 6.10 Å². The number of aromatic nitrogens is 1. The SMILES string of the molecule is OC(Cc1nccs1)C1COc2ccccc21. The number of benzene rings is 1. The number of rotatable bonds is 3. The maximum Gasteiger partial charge on any atom is 0.123 e. The molecular weight excluding hydrogens is 234 g/mol. The second-order valence-corrected chi connectivity index (χ2v) is 5.13. The van der Waals surface area contributed by atoms with E-state index in [9.17, 15) is 5.11 Å². The normalized spacial score (nSPS) is 19.7. The van der Waals surface area contributed by atoms with E-state index in [1.165, 1.54) is 0 Å². The van der Waals surface area contributed by atoms with Crippen molar-refractivity contribution in [3.63, 3.8) is 0 Å². The lowest BCUT2D eigenvalue weighted by atomic mass is 9.94. The second kappa shape index (κ2) is 4.47. The minimum Gasteiger partial charge on any atom is -0.493 e. The minimum absolute atomic E-state index is 0.0649. The van der Waals surface area contributed by atoms with E-state index in [-0.39, 0.29) is 5.92 Å². The number of thiazole rings is 1. The third-order valence-electron chi connectivity index (χ3n) is 3.07. The molecule has 4 heteroatoms. The molecule has 0 fully saturated rings. The van der Waals surface area contributed by atoms with Crippen molar-refractivity contribution in [1.29, 1.82) is 0 Å². The highest BCUT2D eigenvalue weighted by molar-refractivity contribution is 7.09. The standard InChI is InChI=1S/C13H13NO2S/c15-11(7-13-14-5-6-17-13)10-8-16-12-4-2-1-3-9(10)12/h1-6,10-11,15H,7-8H2. The van der Waals surface area contributed by atoms with Crippen LogP contribution < -0.4 is 4.74 Å². The van der Waals surface area contributed by atoms with Gasteiger partial charge in [0.1, 0.15) is 5.75 Å². The van der Waals surface area contributed by atoms with Gasteiger partial charge in [0.05, 0.1) is 17.7 Å². The lowest BCUT2D eigenvalue weighted by Gasteiger charge is -2.15. The first-order valence-electron chi connectivity index (χ1n) is 5.63. The van der Waals surface area contributed by atoms with Crippen LogP contribution in [0, 0.1) is 0 Å². The molecule has 1 aliphatic rings. The number of aliphatic hydroxyl groups excluding tert-OH is 1. The fourth-order valence-electron chi connectivity index (χ4n) is 2.18. The van der Waals surface area contributed by atoms with Crippen LogP contribution in [0.25, 0.3) is 0 Å². The minimum atomic E-state index is -0.426. The second-order valence-electron chi connectivity index (χ2n) is 4.15. The Morgan fingerprint density at radius 2 is 2.35 bits per heavy atom. The van der Waals surface area contributed by atoms with Gasteiger partial charge in [-0.15, -0.1) is 11.3 Å². The van der Waals surface area contributed by atoms with Gasteiger partial charge in [0.2, 0.25) is 0 Å². The molecule has 0 radical (unpaired) electrons. The molecular formula is C13H13NO2S. The maximum absolute atomic E-state index is 10.3. The highest BCUT2D eigenvalue weighted by Gasteiger charge is 2.30. The zero-order valence-corrected chi connectivity index (χ0v) is 10.1. The summed E-state index contributed by atoms with van der Waals surface area (Å²) in [4.78, 5) is 4.20. The van der Waals surface area contributed by atoms with Crippen LogP contribution in [0.1, 0.15) is 16.5 Å². The number of para-hydroxylation sites is 1. The third kappa shape index (κ3) is 2.06. The average molecular weight is 247 g/mol. The van der Waals surface area contributed by atoms with Crippen molar-refractivity contribution in [2.24, 2.45) is 0 Å². The fraction of sp³-hybridized carbons (Fsp3) is 0.308. The van der Waals surface area contributed by atoms with E-state index in [1.54, 1.807) is 17.5 Å². The molecule has 2 aromatic rings. The van der Waals surface area contributed by atoms with Crippen molar-refractivity contribution in [3.8, 4) is 5.75 Å². The number of ether oxygens (including phenoxy) is 1. The number of nitrogens with zero attached hydrogens (tertiary/aromatic N) is 1. The summed E-state index contributed by atoms with van der Waals surface area (Å²) in [5.74, 6) is 0.964.